The van der Waals surface area contributed by atoms with E-state index in [4.69, 9.17) is 0 Å². The van der Waals surface area contributed by atoms with Gasteiger partial charge in [0.25, 0.3) is 0 Å². The summed E-state index contributed by atoms with van der Waals surface area (Å²) in [4.78, 5) is 24.2. The lowest BCUT2D eigenvalue weighted by molar-refractivity contribution is -0.155. The number of aliphatic carboxylic acids is 1. The molecule has 0 aromatic heterocycles. The smallest absolute Gasteiger partial charge is 0.372 e. The van der Waals surface area contributed by atoms with E-state index in [1.165, 1.54) is 57.8 Å². The maximum atomic E-state index is 12.6. The van der Waals surface area contributed by atoms with E-state index in [2.05, 4.69) is 20.8 Å². The number of carbonyl (C=O) groups is 2. The molecule has 0 amide bonds. The second-order valence-electron chi connectivity index (χ2n) is 8.76. The van der Waals surface area contributed by atoms with E-state index in [0.29, 0.717) is 0 Å². The van der Waals surface area contributed by atoms with Gasteiger partial charge in [-0.3, -0.25) is 4.79 Å². The Hall–Kier alpha value is -0.860. The Bertz CT molecular complexity index is 391. The second kappa shape index (κ2) is 18.2. The molecule has 0 bridgehead atoms. The Labute approximate surface area is 175 Å². The summed E-state index contributed by atoms with van der Waals surface area (Å²) in [5.74, 6) is -1.74. The summed E-state index contributed by atoms with van der Waals surface area (Å²) in [5.41, 5.74) is -0.615. The second-order valence-corrected chi connectivity index (χ2v) is 8.76. The van der Waals surface area contributed by atoms with E-state index in [1.54, 1.807) is 0 Å². The Balaban J connectivity index is 4.44. The van der Waals surface area contributed by atoms with Crippen LogP contribution >= 0.6 is 0 Å². The van der Waals surface area contributed by atoms with Gasteiger partial charge >= 0.3 is 5.97 Å². The Morgan fingerprint density at radius 2 is 0.857 bits per heavy atom. The molecule has 0 fully saturated rings. The molecule has 0 aromatic carbocycles. The van der Waals surface area contributed by atoms with Gasteiger partial charge in [-0.15, -0.1) is 0 Å². The molecule has 0 saturated carbocycles. The van der Waals surface area contributed by atoms with Crippen molar-refractivity contribution in [3.8, 4) is 0 Å². The molecule has 1 unspecified atom stereocenters. The van der Waals surface area contributed by atoms with Crippen LogP contribution in [0.2, 0.25) is 0 Å². The van der Waals surface area contributed by atoms with Crippen LogP contribution in [0.4, 0.5) is 0 Å². The summed E-state index contributed by atoms with van der Waals surface area (Å²) in [6.45, 7) is 6.55. The van der Waals surface area contributed by atoms with Crippen molar-refractivity contribution in [2.24, 2.45) is 5.41 Å². The van der Waals surface area contributed by atoms with Gasteiger partial charge in [-0.1, -0.05) is 124 Å². The molecule has 0 radical (unpaired) electrons. The quantitative estimate of drug-likeness (QED) is 0.157. The van der Waals surface area contributed by atoms with Crippen molar-refractivity contribution in [3.63, 3.8) is 0 Å². The highest BCUT2D eigenvalue weighted by Gasteiger charge is 2.40. The van der Waals surface area contributed by atoms with Crippen molar-refractivity contribution in [1.29, 1.82) is 0 Å². The molecule has 0 spiro atoms. The fourth-order valence-corrected chi connectivity index (χ4v) is 4.30. The molecule has 0 heterocycles. The summed E-state index contributed by atoms with van der Waals surface area (Å²) in [6.07, 6.45) is 21.3. The van der Waals surface area contributed by atoms with Crippen LogP contribution in [-0.2, 0) is 9.59 Å². The zero-order valence-corrected chi connectivity index (χ0v) is 19.2. The lowest BCUT2D eigenvalue weighted by atomic mass is 9.71. The number of carboxylic acid groups (broad SMARTS) is 1. The van der Waals surface area contributed by atoms with Gasteiger partial charge in [0.1, 0.15) is 0 Å². The summed E-state index contributed by atoms with van der Waals surface area (Å²) < 4.78 is 0. The standard InChI is InChI=1S/C25H48O3/c1-4-7-10-12-13-14-15-16-17-19-22-25(20-9-6-3,23(26)24(27)28)21-18-11-8-5-2/h4-22H2,1-3H3,(H,27,28). The van der Waals surface area contributed by atoms with Gasteiger partial charge in [0.15, 0.2) is 0 Å². The van der Waals surface area contributed by atoms with Crippen molar-refractivity contribution in [3.05, 3.63) is 0 Å². The van der Waals surface area contributed by atoms with E-state index >= 15 is 0 Å². The predicted octanol–water partition coefficient (Wildman–Crippen LogP) is 8.10. The Morgan fingerprint density at radius 3 is 1.25 bits per heavy atom. The van der Waals surface area contributed by atoms with E-state index in [-0.39, 0.29) is 0 Å². The van der Waals surface area contributed by atoms with Crippen LogP contribution in [0.3, 0.4) is 0 Å². The fraction of sp³-hybridized carbons (Fsp3) is 0.920. The van der Waals surface area contributed by atoms with Crippen LogP contribution in [0.15, 0.2) is 0 Å². The molecular weight excluding hydrogens is 348 g/mol. The van der Waals surface area contributed by atoms with Gasteiger partial charge in [-0.25, -0.2) is 4.79 Å². The molecule has 0 aromatic rings. The lowest BCUT2D eigenvalue weighted by Crippen LogP contribution is -2.37. The zero-order chi connectivity index (χ0) is 21.1. The van der Waals surface area contributed by atoms with Gasteiger partial charge in [0.2, 0.25) is 5.78 Å². The van der Waals surface area contributed by atoms with Crippen molar-refractivity contribution in [2.75, 3.05) is 0 Å². The number of rotatable bonds is 21. The predicted molar refractivity (Wildman–Crippen MR) is 120 cm³/mol. The largest absolute Gasteiger partial charge is 0.475 e. The number of hydrogen-bond acceptors (Lipinski definition) is 2. The molecule has 0 rings (SSSR count). The zero-order valence-electron chi connectivity index (χ0n) is 19.2. The Morgan fingerprint density at radius 1 is 0.536 bits per heavy atom. The van der Waals surface area contributed by atoms with Crippen molar-refractivity contribution in [1.82, 2.24) is 0 Å². The van der Waals surface area contributed by atoms with E-state index in [9.17, 15) is 14.7 Å². The third kappa shape index (κ3) is 12.6. The number of hydrogen-bond donors (Lipinski definition) is 1. The highest BCUT2D eigenvalue weighted by atomic mass is 16.4. The maximum Gasteiger partial charge on any atom is 0.372 e. The first-order chi connectivity index (χ1) is 13.5. The van der Waals surface area contributed by atoms with Gasteiger partial charge in [0.05, 0.1) is 0 Å². The van der Waals surface area contributed by atoms with Crippen LogP contribution in [-0.4, -0.2) is 16.9 Å². The normalized spacial score (nSPS) is 13.4. The molecule has 3 nitrogen and oxygen atoms in total. The summed E-state index contributed by atoms with van der Waals surface area (Å²) in [7, 11) is 0. The van der Waals surface area contributed by atoms with E-state index < -0.39 is 17.2 Å². The molecule has 0 aliphatic carbocycles. The SMILES string of the molecule is CCCCCCCCCCCCC(CCCC)(CCCCCC)C(=O)C(=O)O. The average Bonchev–Trinajstić information content (AvgIpc) is 2.69. The molecule has 166 valence electrons. The molecule has 0 saturated heterocycles. The number of Topliss-reactive ketones (excluding diaryl/α,β-unsaturated/α-hetero) is 1. The fourth-order valence-electron chi connectivity index (χ4n) is 4.30. The first-order valence-electron chi connectivity index (χ1n) is 12.3. The van der Waals surface area contributed by atoms with Crippen molar-refractivity contribution >= 4 is 11.8 Å². The molecule has 3 heteroatoms. The minimum absolute atomic E-state index is 0.520. The van der Waals surface area contributed by atoms with Gasteiger partial charge < -0.3 is 5.11 Å². The van der Waals surface area contributed by atoms with Gasteiger partial charge in [-0.2, -0.15) is 0 Å². The molecule has 28 heavy (non-hydrogen) atoms. The molecule has 1 N–H and O–H groups in total. The number of unbranched alkanes of at least 4 members (excludes halogenated alkanes) is 13. The third-order valence-electron chi connectivity index (χ3n) is 6.20. The minimum atomic E-state index is -1.22. The summed E-state index contributed by atoms with van der Waals surface area (Å²) >= 11 is 0. The van der Waals surface area contributed by atoms with Gasteiger partial charge in [0, 0.05) is 5.41 Å². The molecular formula is C25H48O3. The summed E-state index contributed by atoms with van der Waals surface area (Å²) in [5, 5.41) is 9.43. The highest BCUT2D eigenvalue weighted by molar-refractivity contribution is 6.34. The number of carbonyl (C=O) groups excluding carboxylic acids is 1. The van der Waals surface area contributed by atoms with Crippen LogP contribution in [0.25, 0.3) is 0 Å². The van der Waals surface area contributed by atoms with E-state index in [0.717, 1.165) is 64.2 Å². The Kier molecular flexibility index (Phi) is 17.6. The van der Waals surface area contributed by atoms with Crippen LogP contribution < -0.4 is 0 Å². The topological polar surface area (TPSA) is 54.4 Å². The lowest BCUT2D eigenvalue weighted by Gasteiger charge is -2.31. The first kappa shape index (κ1) is 27.1. The van der Waals surface area contributed by atoms with Crippen molar-refractivity contribution in [2.45, 2.75) is 143 Å². The molecule has 1 atom stereocenters. The monoisotopic (exact) mass is 396 g/mol. The highest BCUT2D eigenvalue weighted by Crippen LogP contribution is 2.38. The maximum absolute atomic E-state index is 12.6. The molecule has 0 aliphatic rings. The average molecular weight is 397 g/mol. The van der Waals surface area contributed by atoms with Crippen molar-refractivity contribution < 1.29 is 14.7 Å². The minimum Gasteiger partial charge on any atom is -0.475 e. The molecule has 0 aliphatic heterocycles. The first-order valence-corrected chi connectivity index (χ1v) is 12.3. The number of carboxylic acids is 1. The van der Waals surface area contributed by atoms with Crippen LogP contribution in [0.5, 0.6) is 0 Å². The van der Waals surface area contributed by atoms with Crippen LogP contribution in [0, 0.1) is 5.41 Å². The van der Waals surface area contributed by atoms with E-state index in [1.807, 2.05) is 0 Å². The number of ketones is 1. The third-order valence-corrected chi connectivity index (χ3v) is 6.20. The van der Waals surface area contributed by atoms with Gasteiger partial charge in [-0.05, 0) is 19.3 Å². The summed E-state index contributed by atoms with van der Waals surface area (Å²) in [6, 6.07) is 0. The van der Waals surface area contributed by atoms with Crippen LogP contribution in [0.1, 0.15) is 143 Å².